The van der Waals surface area contributed by atoms with Gasteiger partial charge in [-0.2, -0.15) is 0 Å². The Kier molecular flexibility index (Phi) is 4.18. The van der Waals surface area contributed by atoms with Crippen molar-refractivity contribution in [2.24, 2.45) is 0 Å². The van der Waals surface area contributed by atoms with Gasteiger partial charge in [0.05, 0.1) is 16.8 Å². The van der Waals surface area contributed by atoms with Crippen molar-refractivity contribution in [1.29, 1.82) is 0 Å². The summed E-state index contributed by atoms with van der Waals surface area (Å²) in [5.74, 6) is 0.505. The second-order valence-electron chi connectivity index (χ2n) is 5.54. The van der Waals surface area contributed by atoms with Crippen molar-refractivity contribution >= 4 is 33.3 Å². The second kappa shape index (κ2) is 5.56. The van der Waals surface area contributed by atoms with Crippen LogP contribution in [0.3, 0.4) is 0 Å². The molecule has 1 unspecified atom stereocenters. The number of anilines is 1. The molecule has 0 saturated carbocycles. The maximum Gasteiger partial charge on any atom is 0.238 e. The van der Waals surface area contributed by atoms with Gasteiger partial charge in [-0.15, -0.1) is 0 Å². The number of rotatable bonds is 3. The van der Waals surface area contributed by atoms with Crippen LogP contribution in [0, 0.1) is 0 Å². The van der Waals surface area contributed by atoms with E-state index in [-0.39, 0.29) is 16.5 Å². The first-order valence-corrected chi connectivity index (χ1v) is 7.55. The number of alkyl halides is 1. The largest absolute Gasteiger partial charge is 0.487 e. The Balaban J connectivity index is 2.23. The van der Waals surface area contributed by atoms with Gasteiger partial charge in [-0.05, 0) is 38.5 Å². The fraction of sp³-hybridized carbons (Fsp3) is 0.467. The second-order valence-corrected chi connectivity index (χ2v) is 6.64. The molecular weight excluding hydrogens is 322 g/mol. The van der Waals surface area contributed by atoms with Crippen LogP contribution in [0.1, 0.15) is 44.0 Å². The zero-order valence-electron chi connectivity index (χ0n) is 11.8. The van der Waals surface area contributed by atoms with E-state index >= 15 is 0 Å². The highest BCUT2D eigenvalue weighted by atomic mass is 79.9. The number of nitrogens with one attached hydrogen (secondary N) is 1. The van der Waals surface area contributed by atoms with Gasteiger partial charge in [-0.25, -0.2) is 0 Å². The van der Waals surface area contributed by atoms with E-state index in [4.69, 9.17) is 4.74 Å². The summed E-state index contributed by atoms with van der Waals surface area (Å²) in [6, 6.07) is 5.17. The summed E-state index contributed by atoms with van der Waals surface area (Å²) in [6.45, 7) is 5.70. The number of halogens is 1. The van der Waals surface area contributed by atoms with Gasteiger partial charge in [-0.1, -0.05) is 22.9 Å². The Hall–Kier alpha value is -1.36. The van der Waals surface area contributed by atoms with Crippen molar-refractivity contribution in [1.82, 2.24) is 0 Å². The molecule has 1 amide bonds. The van der Waals surface area contributed by atoms with E-state index in [1.165, 1.54) is 0 Å². The molecule has 1 aliphatic rings. The molecule has 0 fully saturated rings. The number of hydrogen-bond acceptors (Lipinski definition) is 3. The maximum absolute atomic E-state index is 12.1. The van der Waals surface area contributed by atoms with Crippen LogP contribution < -0.4 is 10.1 Å². The van der Waals surface area contributed by atoms with Crippen molar-refractivity contribution in [3.63, 3.8) is 0 Å². The van der Waals surface area contributed by atoms with Gasteiger partial charge in [-0.3, -0.25) is 9.59 Å². The number of carbonyl (C=O) groups is 2. The van der Waals surface area contributed by atoms with Gasteiger partial charge >= 0.3 is 0 Å². The van der Waals surface area contributed by atoms with Crippen LogP contribution in [0.25, 0.3) is 0 Å². The number of ether oxygens (including phenoxy) is 1. The number of benzene rings is 1. The quantitative estimate of drug-likeness (QED) is 0.857. The summed E-state index contributed by atoms with van der Waals surface area (Å²) in [4.78, 5) is 23.7. The molecule has 1 N–H and O–H groups in total. The molecule has 108 valence electrons. The van der Waals surface area contributed by atoms with Crippen LogP contribution >= 0.6 is 15.9 Å². The molecule has 0 aromatic heterocycles. The van der Waals surface area contributed by atoms with E-state index in [0.717, 1.165) is 0 Å². The third-order valence-corrected chi connectivity index (χ3v) is 4.23. The number of Topliss-reactive ketones (excluding diaryl/α,β-unsaturated/α-hetero) is 1. The van der Waals surface area contributed by atoms with Crippen molar-refractivity contribution < 1.29 is 14.3 Å². The summed E-state index contributed by atoms with van der Waals surface area (Å²) >= 11 is 3.30. The Morgan fingerprint density at radius 2 is 2.20 bits per heavy atom. The third kappa shape index (κ3) is 3.20. The van der Waals surface area contributed by atoms with Crippen molar-refractivity contribution in [2.75, 3.05) is 5.32 Å². The normalized spacial score (nSPS) is 17.9. The Morgan fingerprint density at radius 1 is 1.50 bits per heavy atom. The smallest absolute Gasteiger partial charge is 0.238 e. The fourth-order valence-corrected chi connectivity index (χ4v) is 2.25. The van der Waals surface area contributed by atoms with E-state index in [1.807, 2.05) is 20.8 Å². The lowest BCUT2D eigenvalue weighted by Crippen LogP contribution is -2.35. The zero-order valence-corrected chi connectivity index (χ0v) is 13.4. The maximum atomic E-state index is 12.1. The predicted molar refractivity (Wildman–Crippen MR) is 81.7 cm³/mol. The summed E-state index contributed by atoms with van der Waals surface area (Å²) in [6.07, 6.45) is 1.04. The van der Waals surface area contributed by atoms with E-state index in [2.05, 4.69) is 21.2 Å². The minimum Gasteiger partial charge on any atom is -0.487 e. The topological polar surface area (TPSA) is 55.4 Å². The molecule has 1 aromatic carbocycles. The lowest BCUT2D eigenvalue weighted by Gasteiger charge is -2.31. The highest BCUT2D eigenvalue weighted by Gasteiger charge is 2.32. The van der Waals surface area contributed by atoms with Crippen LogP contribution in [0.5, 0.6) is 5.75 Å². The minimum absolute atomic E-state index is 0.0400. The van der Waals surface area contributed by atoms with Crippen LogP contribution in [-0.2, 0) is 4.79 Å². The molecule has 0 spiro atoms. The Labute approximate surface area is 127 Å². The SMILES string of the molecule is CCC(Br)C(=O)Nc1ccc2c(c1)C(=O)CC(C)(C)O2. The van der Waals surface area contributed by atoms with Gasteiger partial charge in [0.2, 0.25) is 5.91 Å². The molecule has 0 radical (unpaired) electrons. The number of amides is 1. The van der Waals surface area contributed by atoms with Gasteiger partial charge in [0.15, 0.2) is 5.78 Å². The zero-order chi connectivity index (χ0) is 14.9. The van der Waals surface area contributed by atoms with E-state index in [0.29, 0.717) is 29.8 Å². The van der Waals surface area contributed by atoms with Gasteiger partial charge < -0.3 is 10.1 Å². The summed E-state index contributed by atoms with van der Waals surface area (Å²) in [5, 5.41) is 2.79. The number of fused-ring (bicyclic) bond motifs is 1. The molecule has 5 heteroatoms. The molecule has 0 aliphatic carbocycles. The van der Waals surface area contributed by atoms with Crippen LogP contribution in [0.4, 0.5) is 5.69 Å². The first kappa shape index (κ1) is 15.0. The predicted octanol–water partition coefficient (Wildman–Crippen LogP) is 3.54. The molecule has 0 saturated heterocycles. The van der Waals surface area contributed by atoms with E-state index in [1.54, 1.807) is 18.2 Å². The van der Waals surface area contributed by atoms with Gasteiger partial charge in [0.25, 0.3) is 0 Å². The summed E-state index contributed by atoms with van der Waals surface area (Å²) in [5.41, 5.74) is 0.672. The van der Waals surface area contributed by atoms with E-state index in [9.17, 15) is 9.59 Å². The molecular formula is C15H18BrNO3. The summed E-state index contributed by atoms with van der Waals surface area (Å²) < 4.78 is 5.78. The number of ketones is 1. The van der Waals surface area contributed by atoms with Crippen LogP contribution in [-0.4, -0.2) is 22.1 Å². The Morgan fingerprint density at radius 3 is 2.85 bits per heavy atom. The fourth-order valence-electron chi connectivity index (χ4n) is 2.14. The Bertz CT molecular complexity index is 554. The standard InChI is InChI=1S/C15H18BrNO3/c1-4-11(16)14(19)17-9-5-6-13-10(7-9)12(18)8-15(2,3)20-13/h5-7,11H,4,8H2,1-3H3,(H,17,19). The first-order valence-electron chi connectivity index (χ1n) is 6.63. The lowest BCUT2D eigenvalue weighted by atomic mass is 9.93. The van der Waals surface area contributed by atoms with Crippen LogP contribution in [0.15, 0.2) is 18.2 Å². The molecule has 2 rings (SSSR count). The third-order valence-electron chi connectivity index (χ3n) is 3.16. The minimum atomic E-state index is -0.474. The lowest BCUT2D eigenvalue weighted by molar-refractivity contribution is -0.115. The molecule has 1 aliphatic heterocycles. The molecule has 0 bridgehead atoms. The van der Waals surface area contributed by atoms with Gasteiger partial charge in [0.1, 0.15) is 11.4 Å². The van der Waals surface area contributed by atoms with Gasteiger partial charge in [0, 0.05) is 5.69 Å². The van der Waals surface area contributed by atoms with Crippen LogP contribution in [0.2, 0.25) is 0 Å². The average molecular weight is 340 g/mol. The first-order chi connectivity index (χ1) is 9.32. The van der Waals surface area contributed by atoms with Crippen molar-refractivity contribution in [2.45, 2.75) is 44.0 Å². The number of carbonyl (C=O) groups excluding carboxylic acids is 2. The highest BCUT2D eigenvalue weighted by Crippen LogP contribution is 2.34. The van der Waals surface area contributed by atoms with Crippen molar-refractivity contribution in [3.8, 4) is 5.75 Å². The average Bonchev–Trinajstić information content (AvgIpc) is 2.37. The molecule has 20 heavy (non-hydrogen) atoms. The monoisotopic (exact) mass is 339 g/mol. The molecule has 1 heterocycles. The number of hydrogen-bond donors (Lipinski definition) is 1. The van der Waals surface area contributed by atoms with Crippen molar-refractivity contribution in [3.05, 3.63) is 23.8 Å². The molecule has 1 aromatic rings. The molecule has 1 atom stereocenters. The summed E-state index contributed by atoms with van der Waals surface area (Å²) in [7, 11) is 0. The van der Waals surface area contributed by atoms with E-state index < -0.39 is 5.60 Å². The highest BCUT2D eigenvalue weighted by molar-refractivity contribution is 9.10. The molecule has 4 nitrogen and oxygen atoms in total.